The van der Waals surface area contributed by atoms with Crippen molar-refractivity contribution in [3.8, 4) is 0 Å². The van der Waals surface area contributed by atoms with Crippen LogP contribution in [-0.2, 0) is 0 Å². The molecule has 0 unspecified atom stereocenters. The molecular weight excluding hydrogens is 128 g/mol. The molecule has 0 aliphatic heterocycles. The van der Waals surface area contributed by atoms with Crippen molar-refractivity contribution in [1.82, 2.24) is 5.01 Å². The highest BCUT2D eigenvalue weighted by molar-refractivity contribution is 5.75. The molecule has 0 saturated carbocycles. The highest BCUT2D eigenvalue weighted by atomic mass is 15.5. The molecule has 10 heavy (non-hydrogen) atoms. The van der Waals surface area contributed by atoms with E-state index in [0.29, 0.717) is 0 Å². The van der Waals surface area contributed by atoms with E-state index in [1.54, 1.807) is 13.3 Å². The number of nitrogens with two attached hydrogens (primary N) is 1. The van der Waals surface area contributed by atoms with Crippen LogP contribution in [0.3, 0.4) is 0 Å². The summed E-state index contributed by atoms with van der Waals surface area (Å²) in [5.74, 6) is -0.0349. The van der Waals surface area contributed by atoms with Gasteiger partial charge in [0.1, 0.15) is 0 Å². The average Bonchev–Trinajstić information content (AvgIpc) is 1.88. The zero-order valence-electron chi connectivity index (χ0n) is 6.46. The number of nitrogens with one attached hydrogen (secondary N) is 1. The lowest BCUT2D eigenvalue weighted by atomic mass is 10.4. The highest BCUT2D eigenvalue weighted by Gasteiger charge is 1.90. The largest absolute Gasteiger partial charge is 0.369 e. The molecule has 0 bridgehead atoms. The van der Waals surface area contributed by atoms with Crippen LogP contribution in [0, 0.1) is 5.41 Å². The van der Waals surface area contributed by atoms with Crippen LogP contribution in [0.2, 0.25) is 0 Å². The van der Waals surface area contributed by atoms with E-state index < -0.39 is 0 Å². The van der Waals surface area contributed by atoms with Crippen molar-refractivity contribution in [3.63, 3.8) is 0 Å². The summed E-state index contributed by atoms with van der Waals surface area (Å²) in [7, 11) is 1.65. The number of hydrazone groups is 1. The number of guanidine groups is 1. The monoisotopic (exact) mass is 142 g/mol. The number of nitrogens with zero attached hydrogens (tertiary/aromatic N) is 2. The van der Waals surface area contributed by atoms with Crippen molar-refractivity contribution in [3.05, 3.63) is 0 Å². The van der Waals surface area contributed by atoms with Gasteiger partial charge in [-0.3, -0.25) is 5.41 Å². The summed E-state index contributed by atoms with van der Waals surface area (Å²) in [5.41, 5.74) is 5.11. The second kappa shape index (κ2) is 4.78. The molecule has 0 aliphatic rings. The fourth-order valence-electron chi connectivity index (χ4n) is 0.372. The van der Waals surface area contributed by atoms with E-state index in [2.05, 4.69) is 12.0 Å². The lowest BCUT2D eigenvalue weighted by molar-refractivity contribution is 0.534. The SMILES string of the molecule is CCCC=NN(C)C(=N)N. The Morgan fingerprint density at radius 3 is 2.80 bits per heavy atom. The van der Waals surface area contributed by atoms with E-state index in [-0.39, 0.29) is 5.96 Å². The molecule has 0 saturated heterocycles. The molecule has 58 valence electrons. The Hall–Kier alpha value is -1.06. The Labute approximate surface area is 61.2 Å². The van der Waals surface area contributed by atoms with E-state index >= 15 is 0 Å². The predicted octanol–water partition coefficient (Wildman–Crippen LogP) is 0.598. The van der Waals surface area contributed by atoms with E-state index in [0.717, 1.165) is 12.8 Å². The summed E-state index contributed by atoms with van der Waals surface area (Å²) in [6, 6.07) is 0. The molecule has 0 radical (unpaired) electrons. The number of hydrogen-bond donors (Lipinski definition) is 2. The van der Waals surface area contributed by atoms with Crippen LogP contribution in [0.1, 0.15) is 19.8 Å². The molecule has 4 heteroatoms. The lowest BCUT2D eigenvalue weighted by Crippen LogP contribution is -2.28. The summed E-state index contributed by atoms with van der Waals surface area (Å²) in [5, 5.41) is 12.1. The topological polar surface area (TPSA) is 65.5 Å². The van der Waals surface area contributed by atoms with Crippen LogP contribution in [-0.4, -0.2) is 24.2 Å². The van der Waals surface area contributed by atoms with Gasteiger partial charge in [0, 0.05) is 13.3 Å². The first kappa shape index (κ1) is 8.94. The van der Waals surface area contributed by atoms with Gasteiger partial charge in [-0.1, -0.05) is 13.3 Å². The minimum absolute atomic E-state index is 0.0349. The Morgan fingerprint density at radius 2 is 2.40 bits per heavy atom. The minimum atomic E-state index is -0.0349. The molecule has 0 fully saturated rings. The van der Waals surface area contributed by atoms with Crippen LogP contribution < -0.4 is 5.73 Å². The van der Waals surface area contributed by atoms with Gasteiger partial charge in [-0.05, 0) is 6.42 Å². The molecule has 0 heterocycles. The predicted molar refractivity (Wildman–Crippen MR) is 43.1 cm³/mol. The quantitative estimate of drug-likeness (QED) is 0.344. The fraction of sp³-hybridized carbons (Fsp3) is 0.667. The van der Waals surface area contributed by atoms with Gasteiger partial charge in [-0.2, -0.15) is 5.10 Å². The van der Waals surface area contributed by atoms with Gasteiger partial charge in [0.2, 0.25) is 5.96 Å². The molecule has 0 rings (SSSR count). The maximum atomic E-state index is 6.93. The second-order valence-electron chi connectivity index (χ2n) is 2.00. The maximum absolute atomic E-state index is 6.93. The Morgan fingerprint density at radius 1 is 1.80 bits per heavy atom. The Bertz CT molecular complexity index is 130. The lowest BCUT2D eigenvalue weighted by Gasteiger charge is -2.07. The Kier molecular flexibility index (Phi) is 4.28. The zero-order valence-corrected chi connectivity index (χ0v) is 6.46. The molecule has 0 amide bonds. The van der Waals surface area contributed by atoms with Crippen LogP contribution in [0.4, 0.5) is 0 Å². The third kappa shape index (κ3) is 3.88. The summed E-state index contributed by atoms with van der Waals surface area (Å²) >= 11 is 0. The highest BCUT2D eigenvalue weighted by Crippen LogP contribution is 1.83. The van der Waals surface area contributed by atoms with Crippen molar-refractivity contribution >= 4 is 12.2 Å². The Balaban J connectivity index is 3.55. The third-order valence-electron chi connectivity index (χ3n) is 1.02. The molecule has 0 aromatic rings. The molecule has 3 N–H and O–H groups in total. The van der Waals surface area contributed by atoms with E-state index in [1.807, 2.05) is 0 Å². The van der Waals surface area contributed by atoms with Gasteiger partial charge in [-0.15, -0.1) is 0 Å². The standard InChI is InChI=1S/C6H14N4/c1-3-4-5-9-10(2)6(7)8/h5H,3-4H2,1-2H3,(H3,7,8). The van der Waals surface area contributed by atoms with Gasteiger partial charge >= 0.3 is 0 Å². The minimum Gasteiger partial charge on any atom is -0.369 e. The number of hydrogen-bond acceptors (Lipinski definition) is 2. The van der Waals surface area contributed by atoms with Gasteiger partial charge in [0.15, 0.2) is 0 Å². The maximum Gasteiger partial charge on any atom is 0.208 e. The first-order chi connectivity index (χ1) is 4.68. The van der Waals surface area contributed by atoms with Gasteiger partial charge < -0.3 is 5.73 Å². The zero-order chi connectivity index (χ0) is 7.98. The van der Waals surface area contributed by atoms with E-state index in [9.17, 15) is 0 Å². The summed E-state index contributed by atoms with van der Waals surface area (Å²) in [6.07, 6.45) is 3.74. The first-order valence-electron chi connectivity index (χ1n) is 3.28. The first-order valence-corrected chi connectivity index (χ1v) is 3.28. The van der Waals surface area contributed by atoms with Crippen LogP contribution in [0.25, 0.3) is 0 Å². The number of unbranched alkanes of at least 4 members (excludes halogenated alkanes) is 1. The average molecular weight is 142 g/mol. The molecule has 0 aliphatic carbocycles. The van der Waals surface area contributed by atoms with Crippen LogP contribution in [0.15, 0.2) is 5.10 Å². The van der Waals surface area contributed by atoms with E-state index in [4.69, 9.17) is 11.1 Å². The van der Waals surface area contributed by atoms with Crippen molar-refractivity contribution < 1.29 is 0 Å². The van der Waals surface area contributed by atoms with Crippen molar-refractivity contribution in [2.45, 2.75) is 19.8 Å². The smallest absolute Gasteiger partial charge is 0.208 e. The van der Waals surface area contributed by atoms with Gasteiger partial charge in [0.05, 0.1) is 0 Å². The van der Waals surface area contributed by atoms with Crippen molar-refractivity contribution in [2.24, 2.45) is 10.8 Å². The summed E-state index contributed by atoms with van der Waals surface area (Å²) < 4.78 is 0. The molecule has 0 aromatic heterocycles. The molecular formula is C6H14N4. The van der Waals surface area contributed by atoms with E-state index in [1.165, 1.54) is 5.01 Å². The number of rotatable bonds is 3. The van der Waals surface area contributed by atoms with Gasteiger partial charge in [0.25, 0.3) is 0 Å². The fourth-order valence-corrected chi connectivity index (χ4v) is 0.372. The van der Waals surface area contributed by atoms with Crippen molar-refractivity contribution in [2.75, 3.05) is 7.05 Å². The summed E-state index contributed by atoms with van der Waals surface area (Å²) in [4.78, 5) is 0. The molecule has 4 nitrogen and oxygen atoms in total. The molecule has 0 spiro atoms. The van der Waals surface area contributed by atoms with Gasteiger partial charge in [-0.25, -0.2) is 5.01 Å². The van der Waals surface area contributed by atoms with Crippen LogP contribution >= 0.6 is 0 Å². The third-order valence-corrected chi connectivity index (χ3v) is 1.02. The normalized spacial score (nSPS) is 10.2. The van der Waals surface area contributed by atoms with Crippen LogP contribution in [0.5, 0.6) is 0 Å². The second-order valence-corrected chi connectivity index (χ2v) is 2.00. The van der Waals surface area contributed by atoms with Crippen molar-refractivity contribution in [1.29, 1.82) is 5.41 Å². The molecule has 0 aromatic carbocycles. The molecule has 0 atom stereocenters. The summed E-state index contributed by atoms with van der Waals surface area (Å²) in [6.45, 7) is 2.07.